The molecule has 1 atom stereocenters. The first-order valence-corrected chi connectivity index (χ1v) is 9.17. The summed E-state index contributed by atoms with van der Waals surface area (Å²) >= 11 is 0. The molecule has 0 aromatic rings. The number of hydrogen-bond donors (Lipinski definition) is 1. The van der Waals surface area contributed by atoms with E-state index in [0.29, 0.717) is 11.8 Å². The van der Waals surface area contributed by atoms with Crippen LogP contribution in [0.15, 0.2) is 0 Å². The predicted octanol–water partition coefficient (Wildman–Crippen LogP) is 0.0643. The Hall–Kier alpha value is 0.0600. The molecule has 2 aliphatic rings. The third kappa shape index (κ3) is 3.53. The zero-order valence-corrected chi connectivity index (χ0v) is 11.0. The maximum absolute atomic E-state index is 11.5. The molecule has 16 heavy (non-hydrogen) atoms. The van der Waals surface area contributed by atoms with Gasteiger partial charge in [0.2, 0.25) is 0 Å². The van der Waals surface area contributed by atoms with Crippen molar-refractivity contribution in [2.75, 3.05) is 23.0 Å². The molecule has 0 aromatic heterocycles. The zero-order chi connectivity index (χ0) is 11.6. The Morgan fingerprint density at radius 1 is 1.06 bits per heavy atom. The van der Waals surface area contributed by atoms with Gasteiger partial charge >= 0.3 is 0 Å². The summed E-state index contributed by atoms with van der Waals surface area (Å²) in [7, 11) is -3.46. The van der Waals surface area contributed by atoms with E-state index < -0.39 is 20.6 Å². The average molecular weight is 265 g/mol. The molecule has 1 unspecified atom stereocenters. The van der Waals surface area contributed by atoms with Crippen LogP contribution in [0.2, 0.25) is 0 Å². The molecule has 6 heteroatoms. The van der Waals surface area contributed by atoms with Gasteiger partial charge in [0.15, 0.2) is 9.84 Å². The quantitative estimate of drug-likeness (QED) is 0.767. The smallest absolute Gasteiger partial charge is 0.151 e. The van der Waals surface area contributed by atoms with Crippen LogP contribution in [0.3, 0.4) is 0 Å². The highest BCUT2D eigenvalue weighted by Gasteiger charge is 2.27. The Morgan fingerprint density at radius 2 is 1.75 bits per heavy atom. The summed E-state index contributed by atoms with van der Waals surface area (Å²) in [4.78, 5) is 0. The first-order valence-electron chi connectivity index (χ1n) is 5.87. The van der Waals surface area contributed by atoms with Crippen LogP contribution in [0.25, 0.3) is 0 Å². The molecule has 94 valence electrons. The van der Waals surface area contributed by atoms with Crippen LogP contribution in [0, 0.1) is 0 Å². The summed E-state index contributed by atoms with van der Waals surface area (Å²) in [5, 5.41) is 3.42. The van der Waals surface area contributed by atoms with Gasteiger partial charge in [0, 0.05) is 34.4 Å². The van der Waals surface area contributed by atoms with E-state index in [1.807, 2.05) is 0 Å². The molecule has 0 bridgehead atoms. The van der Waals surface area contributed by atoms with E-state index in [1.165, 1.54) is 0 Å². The van der Waals surface area contributed by atoms with Crippen LogP contribution in [0.1, 0.15) is 25.7 Å². The Labute approximate surface area is 99.6 Å². The molecule has 0 spiro atoms. The second-order valence-electron chi connectivity index (χ2n) is 4.74. The molecular formula is C10H19NO3S2. The highest BCUT2D eigenvalue weighted by Crippen LogP contribution is 2.16. The van der Waals surface area contributed by atoms with Gasteiger partial charge < -0.3 is 5.32 Å². The molecular weight excluding hydrogens is 246 g/mol. The topological polar surface area (TPSA) is 63.2 Å². The van der Waals surface area contributed by atoms with Crippen molar-refractivity contribution < 1.29 is 12.6 Å². The number of nitrogens with one attached hydrogen (secondary N) is 1. The normalized spacial score (nSPS) is 39.4. The molecule has 0 aromatic carbocycles. The standard InChI is InChI=1S/C10H19NO3S2/c12-15-5-3-9(4-6-15)11-10-2-1-7-16(13,14)8-10/h9-11H,1-8H2. The zero-order valence-electron chi connectivity index (χ0n) is 9.35. The maximum Gasteiger partial charge on any atom is 0.151 e. The van der Waals surface area contributed by atoms with E-state index in [0.717, 1.165) is 37.2 Å². The summed E-state index contributed by atoms with van der Waals surface area (Å²) in [5.74, 6) is 2.15. The van der Waals surface area contributed by atoms with Crippen molar-refractivity contribution in [3.8, 4) is 0 Å². The van der Waals surface area contributed by atoms with E-state index in [9.17, 15) is 12.6 Å². The van der Waals surface area contributed by atoms with Gasteiger partial charge in [0.1, 0.15) is 0 Å². The molecule has 4 nitrogen and oxygen atoms in total. The van der Waals surface area contributed by atoms with Crippen LogP contribution in [0.5, 0.6) is 0 Å². The van der Waals surface area contributed by atoms with E-state index in [-0.39, 0.29) is 11.8 Å². The molecule has 2 fully saturated rings. The van der Waals surface area contributed by atoms with Gasteiger partial charge in [-0.15, -0.1) is 0 Å². The molecule has 0 aliphatic carbocycles. The molecule has 0 amide bonds. The van der Waals surface area contributed by atoms with E-state index >= 15 is 0 Å². The highest BCUT2D eigenvalue weighted by molar-refractivity contribution is 7.91. The second kappa shape index (κ2) is 5.14. The lowest BCUT2D eigenvalue weighted by atomic mass is 10.1. The lowest BCUT2D eigenvalue weighted by Crippen LogP contribution is -2.47. The molecule has 0 saturated carbocycles. The fourth-order valence-electron chi connectivity index (χ4n) is 2.45. The van der Waals surface area contributed by atoms with Crippen molar-refractivity contribution in [3.63, 3.8) is 0 Å². The molecule has 2 aliphatic heterocycles. The van der Waals surface area contributed by atoms with Crippen molar-refractivity contribution in [3.05, 3.63) is 0 Å². The SMILES string of the molecule is O=S1CCC(NC2CCCS(=O)(=O)C2)CC1. The van der Waals surface area contributed by atoms with Crippen LogP contribution in [-0.2, 0) is 20.6 Å². The minimum Gasteiger partial charge on any atom is -0.310 e. The minimum atomic E-state index is -2.82. The molecule has 2 heterocycles. The van der Waals surface area contributed by atoms with E-state index in [2.05, 4.69) is 5.32 Å². The van der Waals surface area contributed by atoms with Gasteiger partial charge in [-0.25, -0.2) is 8.42 Å². The van der Waals surface area contributed by atoms with Crippen LogP contribution in [-0.4, -0.2) is 47.7 Å². The fourth-order valence-corrected chi connectivity index (χ4v) is 5.40. The summed E-state index contributed by atoms with van der Waals surface area (Å²) in [5.41, 5.74) is 0. The van der Waals surface area contributed by atoms with Crippen molar-refractivity contribution in [1.29, 1.82) is 0 Å². The van der Waals surface area contributed by atoms with Crippen molar-refractivity contribution in [2.45, 2.75) is 37.8 Å². The Kier molecular flexibility index (Phi) is 4.02. The summed E-state index contributed by atoms with van der Waals surface area (Å²) in [6, 6.07) is 0.492. The Morgan fingerprint density at radius 3 is 2.38 bits per heavy atom. The highest BCUT2D eigenvalue weighted by atomic mass is 32.2. The van der Waals surface area contributed by atoms with Gasteiger partial charge in [-0.2, -0.15) is 0 Å². The fraction of sp³-hybridized carbons (Fsp3) is 1.00. The second-order valence-corrected chi connectivity index (χ2v) is 8.67. The van der Waals surface area contributed by atoms with Crippen LogP contribution in [0.4, 0.5) is 0 Å². The Bertz CT molecular complexity index is 356. The van der Waals surface area contributed by atoms with Gasteiger partial charge in [-0.1, -0.05) is 0 Å². The summed E-state index contributed by atoms with van der Waals surface area (Å²) in [6.07, 6.45) is 3.57. The number of rotatable bonds is 2. The summed E-state index contributed by atoms with van der Waals surface area (Å²) < 4.78 is 34.1. The number of sulfone groups is 1. The third-order valence-corrected chi connectivity index (χ3v) is 6.53. The van der Waals surface area contributed by atoms with Crippen molar-refractivity contribution >= 4 is 20.6 Å². The average Bonchev–Trinajstić information content (AvgIpc) is 2.20. The predicted molar refractivity (Wildman–Crippen MR) is 65.7 cm³/mol. The van der Waals surface area contributed by atoms with Gasteiger partial charge in [-0.3, -0.25) is 4.21 Å². The molecule has 2 rings (SSSR count). The molecule has 2 saturated heterocycles. The summed E-state index contributed by atoms with van der Waals surface area (Å²) in [6.45, 7) is 0. The van der Waals surface area contributed by atoms with Gasteiger partial charge in [0.05, 0.1) is 11.5 Å². The van der Waals surface area contributed by atoms with Crippen molar-refractivity contribution in [1.82, 2.24) is 5.32 Å². The van der Waals surface area contributed by atoms with Gasteiger partial charge in [0.25, 0.3) is 0 Å². The van der Waals surface area contributed by atoms with Crippen LogP contribution < -0.4 is 5.32 Å². The van der Waals surface area contributed by atoms with E-state index in [1.54, 1.807) is 0 Å². The lowest BCUT2D eigenvalue weighted by molar-refractivity contribution is 0.394. The Balaban J connectivity index is 1.83. The first-order chi connectivity index (χ1) is 7.55. The maximum atomic E-state index is 11.5. The lowest BCUT2D eigenvalue weighted by Gasteiger charge is -2.30. The van der Waals surface area contributed by atoms with Crippen molar-refractivity contribution in [2.24, 2.45) is 0 Å². The monoisotopic (exact) mass is 265 g/mol. The minimum absolute atomic E-state index is 0.121. The molecule has 1 N–H and O–H groups in total. The molecule has 0 radical (unpaired) electrons. The van der Waals surface area contributed by atoms with Gasteiger partial charge in [-0.05, 0) is 25.7 Å². The van der Waals surface area contributed by atoms with E-state index in [4.69, 9.17) is 0 Å². The largest absolute Gasteiger partial charge is 0.310 e. The number of hydrogen-bond acceptors (Lipinski definition) is 4. The van der Waals surface area contributed by atoms with Crippen LogP contribution >= 0.6 is 0 Å². The third-order valence-electron chi connectivity index (χ3n) is 3.32. The first kappa shape index (κ1) is 12.5.